The van der Waals surface area contributed by atoms with Crippen molar-refractivity contribution in [1.82, 2.24) is 4.90 Å². The number of anilines is 1. The minimum Gasteiger partial charge on any atom is -0.467 e. The Bertz CT molecular complexity index is 879. The van der Waals surface area contributed by atoms with Gasteiger partial charge in [-0.1, -0.05) is 42.5 Å². The minimum atomic E-state index is -0.754. The molecule has 1 N–H and O–H groups in total. The SMILES string of the molecule is COC(=O)[C@@H](c1ccccc1)N(C)C(=O)CCCc1ccc2c(c1)CC(=O)N2. The lowest BCUT2D eigenvalue weighted by molar-refractivity contribution is -0.152. The van der Waals surface area contributed by atoms with Crippen LogP contribution in [0.4, 0.5) is 5.69 Å². The van der Waals surface area contributed by atoms with Crippen molar-refractivity contribution in [3.8, 4) is 0 Å². The standard InChI is InChI=1S/C22H24N2O4/c1-24(21(22(27)28-2)16-8-4-3-5-9-16)20(26)10-6-7-15-11-12-18-17(13-15)14-19(25)23-18/h3-5,8-9,11-13,21H,6-7,10,14H2,1-2H3,(H,23,25)/t21-/m1/s1. The van der Waals surface area contributed by atoms with Crippen molar-refractivity contribution in [2.24, 2.45) is 0 Å². The van der Waals surface area contributed by atoms with Gasteiger partial charge in [-0.25, -0.2) is 4.79 Å². The first-order valence-corrected chi connectivity index (χ1v) is 9.29. The van der Waals surface area contributed by atoms with Crippen LogP contribution in [0.1, 0.15) is 35.6 Å². The van der Waals surface area contributed by atoms with Gasteiger partial charge in [0, 0.05) is 19.2 Å². The highest BCUT2D eigenvalue weighted by Crippen LogP contribution is 2.25. The Morgan fingerprint density at radius 2 is 1.93 bits per heavy atom. The van der Waals surface area contributed by atoms with Crippen molar-refractivity contribution in [1.29, 1.82) is 0 Å². The van der Waals surface area contributed by atoms with Crippen LogP contribution in [0.5, 0.6) is 0 Å². The van der Waals surface area contributed by atoms with Gasteiger partial charge in [0.05, 0.1) is 13.5 Å². The third kappa shape index (κ3) is 4.39. The topological polar surface area (TPSA) is 75.7 Å². The second kappa shape index (κ2) is 8.69. The highest BCUT2D eigenvalue weighted by atomic mass is 16.5. The van der Waals surface area contributed by atoms with E-state index in [0.717, 1.165) is 28.8 Å². The zero-order chi connectivity index (χ0) is 20.1. The molecule has 2 aromatic rings. The molecule has 146 valence electrons. The molecule has 28 heavy (non-hydrogen) atoms. The summed E-state index contributed by atoms with van der Waals surface area (Å²) < 4.78 is 4.90. The van der Waals surface area contributed by atoms with Gasteiger partial charge in [-0.05, 0) is 35.6 Å². The lowest BCUT2D eigenvalue weighted by Gasteiger charge is -2.26. The average molecular weight is 380 g/mol. The van der Waals surface area contributed by atoms with Gasteiger partial charge >= 0.3 is 5.97 Å². The van der Waals surface area contributed by atoms with E-state index in [1.807, 2.05) is 48.5 Å². The van der Waals surface area contributed by atoms with Crippen molar-refractivity contribution in [3.05, 3.63) is 65.2 Å². The van der Waals surface area contributed by atoms with E-state index in [0.29, 0.717) is 19.3 Å². The summed E-state index contributed by atoms with van der Waals surface area (Å²) in [7, 11) is 2.95. The molecule has 0 spiro atoms. The molecule has 1 aliphatic heterocycles. The Kier molecular flexibility index (Phi) is 6.09. The number of hydrogen-bond donors (Lipinski definition) is 1. The first-order valence-electron chi connectivity index (χ1n) is 9.29. The minimum absolute atomic E-state index is 0.0127. The molecule has 0 saturated heterocycles. The van der Waals surface area contributed by atoms with Gasteiger partial charge in [0.15, 0.2) is 6.04 Å². The van der Waals surface area contributed by atoms with Gasteiger partial charge in [-0.3, -0.25) is 9.59 Å². The van der Waals surface area contributed by atoms with Gasteiger partial charge in [-0.2, -0.15) is 0 Å². The molecule has 1 aliphatic rings. The second-order valence-corrected chi connectivity index (χ2v) is 6.91. The first-order chi connectivity index (χ1) is 13.5. The second-order valence-electron chi connectivity index (χ2n) is 6.91. The molecular formula is C22H24N2O4. The fourth-order valence-electron chi connectivity index (χ4n) is 3.47. The number of benzene rings is 2. The zero-order valence-corrected chi connectivity index (χ0v) is 16.1. The number of aryl methyl sites for hydroxylation is 1. The summed E-state index contributed by atoms with van der Waals surface area (Å²) in [6.07, 6.45) is 2.12. The summed E-state index contributed by atoms with van der Waals surface area (Å²) in [5, 5.41) is 2.81. The number of likely N-dealkylation sites (N-methyl/N-ethyl adjacent to an activating group) is 1. The number of esters is 1. The summed E-state index contributed by atoms with van der Waals surface area (Å²) >= 11 is 0. The monoisotopic (exact) mass is 380 g/mol. The van der Waals surface area contributed by atoms with Gasteiger partial charge in [0.1, 0.15) is 0 Å². The lowest BCUT2D eigenvalue weighted by Crippen LogP contribution is -2.36. The summed E-state index contributed by atoms with van der Waals surface area (Å²) in [6.45, 7) is 0. The summed E-state index contributed by atoms with van der Waals surface area (Å²) in [5.74, 6) is -0.561. The number of fused-ring (bicyclic) bond motifs is 1. The van der Waals surface area contributed by atoms with Crippen molar-refractivity contribution >= 4 is 23.5 Å². The van der Waals surface area contributed by atoms with E-state index in [1.54, 1.807) is 7.05 Å². The van der Waals surface area contributed by atoms with E-state index >= 15 is 0 Å². The number of hydrogen-bond acceptors (Lipinski definition) is 4. The number of rotatable bonds is 7. The number of nitrogens with zero attached hydrogens (tertiary/aromatic N) is 1. The van der Waals surface area contributed by atoms with Gasteiger partial charge < -0.3 is 15.0 Å². The number of methoxy groups -OCH3 is 1. The van der Waals surface area contributed by atoms with Crippen LogP contribution in [0.25, 0.3) is 0 Å². The molecule has 2 amide bonds. The fourth-order valence-corrected chi connectivity index (χ4v) is 3.47. The molecule has 0 saturated carbocycles. The normalized spacial score (nSPS) is 13.4. The van der Waals surface area contributed by atoms with Gasteiger partial charge in [0.25, 0.3) is 0 Å². The van der Waals surface area contributed by atoms with Gasteiger partial charge in [-0.15, -0.1) is 0 Å². The zero-order valence-electron chi connectivity index (χ0n) is 16.1. The smallest absolute Gasteiger partial charge is 0.333 e. The fraction of sp³-hybridized carbons (Fsp3) is 0.318. The maximum Gasteiger partial charge on any atom is 0.333 e. The Balaban J connectivity index is 1.60. The average Bonchev–Trinajstić information content (AvgIpc) is 3.08. The Morgan fingerprint density at radius 3 is 2.64 bits per heavy atom. The molecule has 2 aromatic carbocycles. The molecule has 3 rings (SSSR count). The highest BCUT2D eigenvalue weighted by Gasteiger charge is 2.29. The molecule has 0 bridgehead atoms. The largest absolute Gasteiger partial charge is 0.467 e. The van der Waals surface area contributed by atoms with Crippen LogP contribution in [0, 0.1) is 0 Å². The molecule has 1 atom stereocenters. The maximum absolute atomic E-state index is 12.7. The Labute approximate surface area is 164 Å². The predicted molar refractivity (Wildman–Crippen MR) is 106 cm³/mol. The molecular weight excluding hydrogens is 356 g/mol. The Hall–Kier alpha value is -3.15. The number of ether oxygens (including phenoxy) is 1. The molecule has 6 heteroatoms. The first kappa shape index (κ1) is 19.6. The van der Waals surface area contributed by atoms with E-state index in [1.165, 1.54) is 12.0 Å². The van der Waals surface area contributed by atoms with Crippen LogP contribution < -0.4 is 5.32 Å². The van der Waals surface area contributed by atoms with Crippen LogP contribution >= 0.6 is 0 Å². The highest BCUT2D eigenvalue weighted by molar-refractivity contribution is 5.99. The number of nitrogens with one attached hydrogen (secondary N) is 1. The van der Waals surface area contributed by atoms with E-state index in [4.69, 9.17) is 4.74 Å². The molecule has 6 nitrogen and oxygen atoms in total. The van der Waals surface area contributed by atoms with Crippen LogP contribution in [-0.4, -0.2) is 36.8 Å². The quantitative estimate of drug-likeness (QED) is 0.750. The van der Waals surface area contributed by atoms with Crippen LogP contribution in [0.15, 0.2) is 48.5 Å². The van der Waals surface area contributed by atoms with Crippen LogP contribution in [0.3, 0.4) is 0 Å². The molecule has 0 aliphatic carbocycles. The van der Waals surface area contributed by atoms with Crippen molar-refractivity contribution in [2.75, 3.05) is 19.5 Å². The molecule has 0 unspecified atom stereocenters. The number of amides is 2. The van der Waals surface area contributed by atoms with Crippen LogP contribution in [-0.2, 0) is 32.0 Å². The number of carbonyl (C=O) groups excluding carboxylic acids is 3. The summed E-state index contributed by atoms with van der Waals surface area (Å²) in [6, 6.07) is 14.3. The predicted octanol–water partition coefficient (Wildman–Crippen LogP) is 2.88. The van der Waals surface area contributed by atoms with Gasteiger partial charge in [0.2, 0.25) is 11.8 Å². The maximum atomic E-state index is 12.7. The van der Waals surface area contributed by atoms with Crippen molar-refractivity contribution in [3.63, 3.8) is 0 Å². The molecule has 0 radical (unpaired) electrons. The third-order valence-electron chi connectivity index (χ3n) is 4.97. The Morgan fingerprint density at radius 1 is 1.18 bits per heavy atom. The summed E-state index contributed by atoms with van der Waals surface area (Å²) in [5.41, 5.74) is 3.69. The van der Waals surface area contributed by atoms with Crippen molar-refractivity contribution < 1.29 is 19.1 Å². The van der Waals surface area contributed by atoms with E-state index in [2.05, 4.69) is 5.32 Å². The van der Waals surface area contributed by atoms with E-state index < -0.39 is 12.0 Å². The third-order valence-corrected chi connectivity index (χ3v) is 4.97. The molecule has 1 heterocycles. The lowest BCUT2D eigenvalue weighted by atomic mass is 10.0. The van der Waals surface area contributed by atoms with E-state index in [9.17, 15) is 14.4 Å². The summed E-state index contributed by atoms with van der Waals surface area (Å²) in [4.78, 5) is 37.8. The van der Waals surface area contributed by atoms with Crippen LogP contribution in [0.2, 0.25) is 0 Å². The molecule has 0 aromatic heterocycles. The van der Waals surface area contributed by atoms with Crippen molar-refractivity contribution in [2.45, 2.75) is 31.7 Å². The molecule has 0 fully saturated rings. The number of carbonyl (C=O) groups is 3. The van der Waals surface area contributed by atoms with E-state index in [-0.39, 0.29) is 11.8 Å².